The van der Waals surface area contributed by atoms with Gasteiger partial charge in [-0.05, 0) is 73.1 Å². The third kappa shape index (κ3) is 10.4. The summed E-state index contributed by atoms with van der Waals surface area (Å²) in [5.41, 5.74) is 0. The van der Waals surface area contributed by atoms with Gasteiger partial charge in [0.2, 0.25) is 0 Å². The molecule has 408 valence electrons. The molecule has 8 aromatic rings. The van der Waals surface area contributed by atoms with E-state index >= 15 is 0 Å². The van der Waals surface area contributed by atoms with Crippen molar-refractivity contribution in [2.24, 2.45) is 0 Å². The third-order valence-electron chi connectivity index (χ3n) is 13.6. The van der Waals surface area contributed by atoms with Gasteiger partial charge in [0.1, 0.15) is 0 Å². The summed E-state index contributed by atoms with van der Waals surface area (Å²) in [7, 11) is -46.3. The zero-order valence-electron chi connectivity index (χ0n) is 46.0. The number of benzene rings is 8. The molecular weight excluding hydrogens is 1200 g/mol. The third-order valence-corrected chi connectivity index (χ3v) is 68.5. The van der Waals surface area contributed by atoms with Crippen molar-refractivity contribution in [1.82, 2.24) is 0 Å². The Morgan fingerprint density at radius 3 is 0.450 bits per heavy atom. The monoisotopic (exact) mass is 1260 g/mol. The minimum absolute atomic E-state index is 0.669. The lowest BCUT2D eigenvalue weighted by Gasteiger charge is -2.63. The summed E-state index contributed by atoms with van der Waals surface area (Å²) in [6.45, 7) is 16.9. The Morgan fingerprint density at radius 2 is 0.325 bits per heavy atom. The van der Waals surface area contributed by atoms with Crippen molar-refractivity contribution in [3.05, 3.63) is 243 Å². The summed E-state index contributed by atoms with van der Waals surface area (Å²) < 4.78 is 103. The number of rotatable bonds is 16. The van der Waals surface area contributed by atoms with Gasteiger partial charge in [-0.25, -0.2) is 0 Å². The maximum atomic E-state index is 8.98. The quantitative estimate of drug-likeness (QED) is 0.103. The van der Waals surface area contributed by atoms with E-state index in [4.69, 9.17) is 49.4 Å². The van der Waals surface area contributed by atoms with Gasteiger partial charge in [0.25, 0.3) is 0 Å². The maximum Gasteiger partial charge on any atom is 0.509 e. The Morgan fingerprint density at radius 1 is 0.200 bits per heavy atom. The topological polar surface area (TPSA) is 111 Å². The number of hydrogen-bond acceptors (Lipinski definition) is 12. The van der Waals surface area contributed by atoms with E-state index in [0.717, 1.165) is 0 Å². The van der Waals surface area contributed by atoms with Gasteiger partial charge in [-0.2, -0.15) is 0 Å². The summed E-state index contributed by atoms with van der Waals surface area (Å²) in [5, 5.41) is 5.47. The van der Waals surface area contributed by atoms with Crippen LogP contribution in [0.25, 0.3) is 0 Å². The summed E-state index contributed by atoms with van der Waals surface area (Å²) in [4.78, 5) is 0. The Hall–Kier alpha value is -4.12. The molecule has 3 heterocycles. The van der Waals surface area contributed by atoms with Gasteiger partial charge in [-0.15, -0.1) is 0 Å². The van der Waals surface area contributed by atoms with Crippen LogP contribution in [0.2, 0.25) is 52.4 Å². The van der Waals surface area contributed by atoms with Crippen LogP contribution >= 0.6 is 0 Å². The molecule has 0 spiro atoms. The molecule has 0 aromatic heterocycles. The van der Waals surface area contributed by atoms with E-state index in [2.05, 4.69) is 101 Å². The highest BCUT2D eigenvalue weighted by Crippen LogP contribution is 2.48. The Bertz CT molecular complexity index is 2830. The average Bonchev–Trinajstić information content (AvgIpc) is 3.60. The SMILES string of the molecule is C[Si](C)O[Si]1(c2ccccc2)O[Si]2(c3ccccc3)O[Si](O[Si](C)C)(c3ccccc3)O[Si](c3ccccc3)(O1)[Si]1(c3ccccc3)O[Si](O[Si](C)C)(c3ccccc3)O[Si]2(c2ccccc2)O[Si](O[Si](C)C)(c2ccccc2)O1. The van der Waals surface area contributed by atoms with Crippen LogP contribution in [0.3, 0.4) is 0 Å². The molecule has 0 amide bonds. The molecule has 0 atom stereocenters. The van der Waals surface area contributed by atoms with Crippen molar-refractivity contribution < 1.29 is 49.4 Å². The molecule has 0 aliphatic carbocycles. The maximum absolute atomic E-state index is 8.98. The van der Waals surface area contributed by atoms with E-state index in [9.17, 15) is 0 Å². The molecule has 80 heavy (non-hydrogen) atoms. The standard InChI is InChI=1S/C56H64O12Si12/c1-69(2)57-73(49-33-17-9-18-34-49)61-77(53-41-25-13-26-42-53)63-74(58-70(3)4,50-35-19-10-20-36-50)64-78(62-73,54-43-27-14-28-44-54)80(56-47-31-16-32-48-56)66-75(59-71(5)6,51-37-21-11-22-38-51)65-79(77,55-45-29-15-30-46-55)67-76(68-80,60-72(7)8)52-39-23-12-24-40-52/h9-48H,1-8H3. The second kappa shape index (κ2) is 23.5. The summed E-state index contributed by atoms with van der Waals surface area (Å²) in [6, 6.07) is 81.1. The van der Waals surface area contributed by atoms with Crippen LogP contribution in [-0.4, -0.2) is 104 Å². The molecule has 12 nitrogen and oxygen atoms in total. The molecule has 24 heteroatoms. The van der Waals surface area contributed by atoms with Crippen LogP contribution in [0.1, 0.15) is 0 Å². The van der Waals surface area contributed by atoms with E-state index in [1.807, 2.05) is 194 Å². The first kappa shape index (κ1) is 57.7. The van der Waals surface area contributed by atoms with Gasteiger partial charge >= 0.3 is 67.5 Å². The molecule has 3 saturated heterocycles. The molecule has 8 aromatic carbocycles. The highest BCUT2D eigenvalue weighted by molar-refractivity contribution is 7.51. The lowest BCUT2D eigenvalue weighted by molar-refractivity contribution is 0.126. The lowest BCUT2D eigenvalue weighted by Crippen LogP contribution is -3.01. The van der Waals surface area contributed by atoms with Crippen molar-refractivity contribution in [2.45, 2.75) is 52.4 Å². The van der Waals surface area contributed by atoms with Crippen molar-refractivity contribution in [1.29, 1.82) is 0 Å². The highest BCUT2D eigenvalue weighted by atomic mass is 29.3. The molecule has 3 fully saturated rings. The van der Waals surface area contributed by atoms with Crippen molar-refractivity contribution >= 4 is 145 Å². The number of hydrogen-bond donors (Lipinski definition) is 0. The van der Waals surface area contributed by atoms with Gasteiger partial charge in [0.05, 0.1) is 0 Å². The lowest BCUT2D eigenvalue weighted by atomic mass is 10.4. The molecule has 0 saturated carbocycles. The normalized spacial score (nSPS) is 29.6. The van der Waals surface area contributed by atoms with E-state index in [1.54, 1.807) is 0 Å². The first-order chi connectivity index (χ1) is 38.7. The molecule has 0 unspecified atom stereocenters. The smallest absolute Gasteiger partial charge is 0.413 e. The first-order valence-electron chi connectivity index (χ1n) is 26.7. The van der Waals surface area contributed by atoms with E-state index in [1.165, 1.54) is 0 Å². The predicted molar refractivity (Wildman–Crippen MR) is 338 cm³/mol. The largest absolute Gasteiger partial charge is 0.509 e. The second-order valence-electron chi connectivity index (χ2n) is 20.5. The minimum atomic E-state index is -5.07. The molecule has 4 radical (unpaired) electrons. The van der Waals surface area contributed by atoms with Gasteiger partial charge in [0.15, 0.2) is 36.2 Å². The van der Waals surface area contributed by atoms with Crippen molar-refractivity contribution in [2.75, 3.05) is 0 Å². The highest BCUT2D eigenvalue weighted by Gasteiger charge is 2.89. The molecule has 3 aliphatic heterocycles. The fraction of sp³-hybridized carbons (Fsp3) is 0.143. The second-order valence-corrected chi connectivity index (χ2v) is 59.4. The van der Waals surface area contributed by atoms with Gasteiger partial charge in [0, 0.05) is 20.7 Å². The molecule has 11 rings (SSSR count). The van der Waals surface area contributed by atoms with Gasteiger partial charge in [-0.1, -0.05) is 243 Å². The molecule has 3 aliphatic rings. The van der Waals surface area contributed by atoms with Crippen LogP contribution in [-0.2, 0) is 49.4 Å². The Kier molecular flexibility index (Phi) is 16.9. The molecule has 4 bridgehead atoms. The molecular formula is C56H64O12Si12. The van der Waals surface area contributed by atoms with Crippen LogP contribution in [0.4, 0.5) is 0 Å². The summed E-state index contributed by atoms with van der Waals surface area (Å²) in [5.74, 6) is 0. The van der Waals surface area contributed by atoms with Gasteiger partial charge in [-0.3, -0.25) is 0 Å². The number of fused-ring (bicyclic) bond motifs is 10. The fourth-order valence-electron chi connectivity index (χ4n) is 10.6. The summed E-state index contributed by atoms with van der Waals surface area (Å²) >= 11 is 0. The minimum Gasteiger partial charge on any atom is -0.413 e. The Balaban J connectivity index is 1.51. The zero-order valence-corrected chi connectivity index (χ0v) is 58.0. The fourth-order valence-corrected chi connectivity index (χ4v) is 86.1. The Labute approximate surface area is 486 Å². The average molecular weight is 1270 g/mol. The van der Waals surface area contributed by atoms with Gasteiger partial charge < -0.3 is 49.4 Å². The zero-order chi connectivity index (χ0) is 55.7. The first-order valence-corrected chi connectivity index (χ1v) is 52.5. The van der Waals surface area contributed by atoms with E-state index in [0.29, 0.717) is 41.5 Å². The predicted octanol–water partition coefficient (Wildman–Crippen LogP) is 6.17. The van der Waals surface area contributed by atoms with Crippen molar-refractivity contribution in [3.63, 3.8) is 0 Å². The van der Waals surface area contributed by atoms with Crippen LogP contribution in [0.15, 0.2) is 243 Å². The van der Waals surface area contributed by atoms with Crippen molar-refractivity contribution in [3.8, 4) is 0 Å². The van der Waals surface area contributed by atoms with E-state index in [-0.39, 0.29) is 0 Å². The van der Waals surface area contributed by atoms with E-state index < -0.39 is 104 Å². The van der Waals surface area contributed by atoms with Crippen LogP contribution in [0.5, 0.6) is 0 Å². The van der Waals surface area contributed by atoms with Crippen LogP contribution in [0, 0.1) is 0 Å². The summed E-state index contributed by atoms with van der Waals surface area (Å²) in [6.07, 6.45) is 0. The molecule has 0 N–H and O–H groups in total. The van der Waals surface area contributed by atoms with Crippen LogP contribution < -0.4 is 41.5 Å².